The molecule has 0 aliphatic heterocycles. The third-order valence-corrected chi connectivity index (χ3v) is 4.52. The number of aryl methyl sites for hydroxylation is 1. The number of aromatic carboxylic acids is 1. The van der Waals surface area contributed by atoms with Crippen LogP contribution in [0.5, 0.6) is 0 Å². The van der Waals surface area contributed by atoms with Crippen LogP contribution >= 0.6 is 11.3 Å². The summed E-state index contributed by atoms with van der Waals surface area (Å²) in [6, 6.07) is 7.99. The first-order chi connectivity index (χ1) is 10.0. The molecule has 0 unspecified atom stereocenters. The van der Waals surface area contributed by atoms with Crippen molar-refractivity contribution in [2.45, 2.75) is 27.3 Å². The standard InChI is InChI=1S/C16H20N2O2S/c1-4-18(5-2)10-13-14(16(19)20)17-15(21-13)12-8-6-7-11(3)9-12/h6-9H,4-5,10H2,1-3H3,(H,19,20). The number of rotatable bonds is 6. The van der Waals surface area contributed by atoms with Crippen LogP contribution in [-0.2, 0) is 6.54 Å². The molecule has 0 spiro atoms. The van der Waals surface area contributed by atoms with Gasteiger partial charge < -0.3 is 5.11 Å². The summed E-state index contributed by atoms with van der Waals surface area (Å²) < 4.78 is 0. The van der Waals surface area contributed by atoms with Crippen molar-refractivity contribution in [1.29, 1.82) is 0 Å². The Labute approximate surface area is 129 Å². The summed E-state index contributed by atoms with van der Waals surface area (Å²) in [5, 5.41) is 10.1. The van der Waals surface area contributed by atoms with E-state index in [-0.39, 0.29) is 5.69 Å². The number of carboxylic acids is 1. The molecule has 1 N–H and O–H groups in total. The zero-order valence-electron chi connectivity index (χ0n) is 12.6. The Morgan fingerprint density at radius 3 is 2.62 bits per heavy atom. The molecule has 1 heterocycles. The number of aromatic nitrogens is 1. The monoisotopic (exact) mass is 304 g/mol. The summed E-state index contributed by atoms with van der Waals surface area (Å²) in [6.45, 7) is 8.60. The third-order valence-electron chi connectivity index (χ3n) is 3.43. The molecule has 0 fully saturated rings. The first-order valence-corrected chi connectivity index (χ1v) is 7.89. The fourth-order valence-corrected chi connectivity index (χ4v) is 3.27. The summed E-state index contributed by atoms with van der Waals surface area (Å²) >= 11 is 1.48. The van der Waals surface area contributed by atoms with E-state index in [1.165, 1.54) is 11.3 Å². The van der Waals surface area contributed by atoms with Crippen LogP contribution in [0.3, 0.4) is 0 Å². The predicted octanol–water partition coefficient (Wildman–Crippen LogP) is 3.66. The molecule has 21 heavy (non-hydrogen) atoms. The molecule has 0 radical (unpaired) electrons. The Kier molecular flexibility index (Phi) is 5.09. The fraction of sp³-hybridized carbons (Fsp3) is 0.375. The van der Waals surface area contributed by atoms with Crippen molar-refractivity contribution in [3.05, 3.63) is 40.4 Å². The molecule has 0 atom stereocenters. The fourth-order valence-electron chi connectivity index (χ4n) is 2.18. The lowest BCUT2D eigenvalue weighted by molar-refractivity contribution is 0.0689. The molecule has 4 nitrogen and oxygen atoms in total. The lowest BCUT2D eigenvalue weighted by Crippen LogP contribution is -2.22. The second-order valence-corrected chi connectivity index (χ2v) is 6.01. The molecule has 1 aromatic heterocycles. The zero-order chi connectivity index (χ0) is 15.4. The Hall–Kier alpha value is -1.72. The highest BCUT2D eigenvalue weighted by Crippen LogP contribution is 2.29. The van der Waals surface area contributed by atoms with E-state index in [9.17, 15) is 9.90 Å². The van der Waals surface area contributed by atoms with Crippen LogP contribution in [-0.4, -0.2) is 34.0 Å². The van der Waals surface area contributed by atoms with E-state index in [4.69, 9.17) is 0 Å². The van der Waals surface area contributed by atoms with Crippen LogP contribution in [0, 0.1) is 6.92 Å². The van der Waals surface area contributed by atoms with Crippen molar-refractivity contribution in [1.82, 2.24) is 9.88 Å². The van der Waals surface area contributed by atoms with Gasteiger partial charge in [-0.05, 0) is 26.1 Å². The first kappa shape index (κ1) is 15.7. The molecule has 0 amide bonds. The highest BCUT2D eigenvalue weighted by atomic mass is 32.1. The summed E-state index contributed by atoms with van der Waals surface area (Å²) in [5.41, 5.74) is 2.31. The molecule has 0 bridgehead atoms. The maximum absolute atomic E-state index is 11.4. The molecule has 2 rings (SSSR count). The Balaban J connectivity index is 2.39. The molecule has 0 saturated heterocycles. The number of carbonyl (C=O) groups is 1. The predicted molar refractivity (Wildman–Crippen MR) is 85.9 cm³/mol. The Morgan fingerprint density at radius 1 is 1.33 bits per heavy atom. The van der Waals surface area contributed by atoms with Crippen molar-refractivity contribution < 1.29 is 9.90 Å². The minimum Gasteiger partial charge on any atom is -0.476 e. The van der Waals surface area contributed by atoms with E-state index >= 15 is 0 Å². The van der Waals surface area contributed by atoms with Crippen molar-refractivity contribution in [3.63, 3.8) is 0 Å². The minimum absolute atomic E-state index is 0.184. The number of thiazole rings is 1. The van der Waals surface area contributed by atoms with Gasteiger partial charge in [-0.3, -0.25) is 4.90 Å². The van der Waals surface area contributed by atoms with Gasteiger partial charge in [0, 0.05) is 12.1 Å². The number of hydrogen-bond donors (Lipinski definition) is 1. The zero-order valence-corrected chi connectivity index (χ0v) is 13.4. The average Bonchev–Trinajstić information content (AvgIpc) is 2.89. The van der Waals surface area contributed by atoms with Gasteiger partial charge in [0.2, 0.25) is 0 Å². The Bertz CT molecular complexity index is 633. The van der Waals surface area contributed by atoms with Crippen molar-refractivity contribution in [2.75, 3.05) is 13.1 Å². The smallest absolute Gasteiger partial charge is 0.355 e. The van der Waals surface area contributed by atoms with Gasteiger partial charge in [0.1, 0.15) is 5.01 Å². The topological polar surface area (TPSA) is 53.4 Å². The first-order valence-electron chi connectivity index (χ1n) is 7.07. The van der Waals surface area contributed by atoms with Gasteiger partial charge in [-0.25, -0.2) is 9.78 Å². The second kappa shape index (κ2) is 6.83. The molecule has 0 saturated carbocycles. The molecular formula is C16H20N2O2S. The molecular weight excluding hydrogens is 284 g/mol. The SMILES string of the molecule is CCN(CC)Cc1sc(-c2cccc(C)c2)nc1C(=O)O. The lowest BCUT2D eigenvalue weighted by Gasteiger charge is -2.16. The summed E-state index contributed by atoms with van der Waals surface area (Å²) in [7, 11) is 0. The van der Waals surface area contributed by atoms with E-state index < -0.39 is 5.97 Å². The quantitative estimate of drug-likeness (QED) is 0.885. The molecule has 1 aromatic carbocycles. The Morgan fingerprint density at radius 2 is 2.05 bits per heavy atom. The second-order valence-electron chi connectivity index (χ2n) is 4.93. The number of benzene rings is 1. The number of carboxylic acid groups (broad SMARTS) is 1. The van der Waals surface area contributed by atoms with Crippen molar-refractivity contribution in [3.8, 4) is 10.6 Å². The van der Waals surface area contributed by atoms with Crippen molar-refractivity contribution >= 4 is 17.3 Å². The van der Waals surface area contributed by atoms with Crippen LogP contribution < -0.4 is 0 Å². The number of nitrogens with zero attached hydrogens (tertiary/aromatic N) is 2. The van der Waals surface area contributed by atoms with Gasteiger partial charge in [0.05, 0.1) is 4.88 Å². The van der Waals surface area contributed by atoms with Gasteiger partial charge in [-0.1, -0.05) is 37.6 Å². The van der Waals surface area contributed by atoms with Crippen LogP contribution in [0.25, 0.3) is 10.6 Å². The van der Waals surface area contributed by atoms with Gasteiger partial charge in [-0.2, -0.15) is 0 Å². The van der Waals surface area contributed by atoms with E-state index in [2.05, 4.69) is 23.7 Å². The van der Waals surface area contributed by atoms with Gasteiger partial charge in [0.25, 0.3) is 0 Å². The molecule has 0 aliphatic carbocycles. The average molecular weight is 304 g/mol. The third kappa shape index (κ3) is 3.68. The molecule has 5 heteroatoms. The summed E-state index contributed by atoms with van der Waals surface area (Å²) in [6.07, 6.45) is 0. The van der Waals surface area contributed by atoms with E-state index in [1.54, 1.807) is 0 Å². The van der Waals surface area contributed by atoms with Crippen LogP contribution in [0.1, 0.15) is 34.8 Å². The van der Waals surface area contributed by atoms with E-state index in [0.29, 0.717) is 6.54 Å². The van der Waals surface area contributed by atoms with E-state index in [0.717, 1.165) is 34.1 Å². The van der Waals surface area contributed by atoms with Crippen LogP contribution in [0.2, 0.25) is 0 Å². The molecule has 0 aliphatic rings. The molecule has 2 aromatic rings. The normalized spacial score (nSPS) is 11.0. The number of hydrogen-bond acceptors (Lipinski definition) is 4. The highest BCUT2D eigenvalue weighted by molar-refractivity contribution is 7.15. The van der Waals surface area contributed by atoms with Gasteiger partial charge in [0.15, 0.2) is 5.69 Å². The summed E-state index contributed by atoms with van der Waals surface area (Å²) in [5.74, 6) is -0.952. The largest absolute Gasteiger partial charge is 0.476 e. The van der Waals surface area contributed by atoms with Crippen molar-refractivity contribution in [2.24, 2.45) is 0 Å². The molecule has 112 valence electrons. The van der Waals surface area contributed by atoms with Crippen LogP contribution in [0.4, 0.5) is 0 Å². The summed E-state index contributed by atoms with van der Waals surface area (Å²) in [4.78, 5) is 18.8. The maximum atomic E-state index is 11.4. The minimum atomic E-state index is -0.952. The highest BCUT2D eigenvalue weighted by Gasteiger charge is 2.19. The van der Waals surface area contributed by atoms with E-state index in [1.807, 2.05) is 31.2 Å². The maximum Gasteiger partial charge on any atom is 0.355 e. The lowest BCUT2D eigenvalue weighted by atomic mass is 10.1. The van der Waals surface area contributed by atoms with Gasteiger partial charge in [-0.15, -0.1) is 11.3 Å². The van der Waals surface area contributed by atoms with Gasteiger partial charge >= 0.3 is 5.97 Å². The van der Waals surface area contributed by atoms with Crippen LogP contribution in [0.15, 0.2) is 24.3 Å².